The Morgan fingerprint density at radius 1 is 1.12 bits per heavy atom. The van der Waals surface area contributed by atoms with Crippen LogP contribution in [0.25, 0.3) is 10.8 Å². The van der Waals surface area contributed by atoms with Gasteiger partial charge in [0.1, 0.15) is 5.75 Å². The molecule has 0 aromatic heterocycles. The lowest BCUT2D eigenvalue weighted by molar-refractivity contribution is 0.475. The van der Waals surface area contributed by atoms with Crippen LogP contribution in [0.4, 0.5) is 5.69 Å². The van der Waals surface area contributed by atoms with Crippen molar-refractivity contribution < 1.29 is 5.11 Å². The summed E-state index contributed by atoms with van der Waals surface area (Å²) in [5.41, 5.74) is 2.40. The van der Waals surface area contributed by atoms with Crippen LogP contribution in [-0.2, 0) is 0 Å². The van der Waals surface area contributed by atoms with Crippen molar-refractivity contribution in [3.8, 4) is 5.75 Å². The fourth-order valence-corrected chi connectivity index (χ4v) is 2.25. The summed E-state index contributed by atoms with van der Waals surface area (Å²) < 4.78 is 0. The van der Waals surface area contributed by atoms with E-state index in [0.717, 1.165) is 5.39 Å². The molecule has 17 heavy (non-hydrogen) atoms. The Kier molecular flexibility index (Phi) is 2.97. The number of anilines is 1. The van der Waals surface area contributed by atoms with Crippen molar-refractivity contribution in [3.05, 3.63) is 35.9 Å². The van der Waals surface area contributed by atoms with E-state index in [1.807, 2.05) is 38.4 Å². The number of fused-ring (bicyclic) bond motifs is 1. The van der Waals surface area contributed by atoms with Crippen molar-refractivity contribution in [1.29, 1.82) is 0 Å². The van der Waals surface area contributed by atoms with Gasteiger partial charge in [-0.2, -0.15) is 0 Å². The van der Waals surface area contributed by atoms with Crippen molar-refractivity contribution in [2.24, 2.45) is 0 Å². The summed E-state index contributed by atoms with van der Waals surface area (Å²) in [4.78, 5) is 2.12. The molecule has 0 amide bonds. The summed E-state index contributed by atoms with van der Waals surface area (Å²) in [6, 6.07) is 9.90. The molecule has 0 aliphatic carbocycles. The maximum atomic E-state index is 9.78. The van der Waals surface area contributed by atoms with E-state index in [1.165, 1.54) is 16.6 Å². The molecule has 0 bridgehead atoms. The van der Waals surface area contributed by atoms with Crippen molar-refractivity contribution in [1.82, 2.24) is 0 Å². The van der Waals surface area contributed by atoms with Crippen LogP contribution in [0, 0.1) is 0 Å². The average Bonchev–Trinajstić information content (AvgIpc) is 2.26. The maximum Gasteiger partial charge on any atom is 0.116 e. The van der Waals surface area contributed by atoms with Crippen LogP contribution >= 0.6 is 0 Å². The highest BCUT2D eigenvalue weighted by Crippen LogP contribution is 2.35. The molecule has 0 fully saturated rings. The SMILES string of the molecule is CC(C)c1cc(O)cc2cccc(N(C)C)c12. The van der Waals surface area contributed by atoms with Gasteiger partial charge in [-0.15, -0.1) is 0 Å². The van der Waals surface area contributed by atoms with E-state index in [0.29, 0.717) is 11.7 Å². The number of benzene rings is 2. The van der Waals surface area contributed by atoms with Crippen LogP contribution in [-0.4, -0.2) is 19.2 Å². The molecule has 0 aliphatic heterocycles. The second-order valence-electron chi connectivity index (χ2n) is 4.96. The first-order valence-corrected chi connectivity index (χ1v) is 5.93. The summed E-state index contributed by atoms with van der Waals surface area (Å²) in [5, 5.41) is 12.1. The van der Waals surface area contributed by atoms with Crippen LogP contribution in [0.2, 0.25) is 0 Å². The van der Waals surface area contributed by atoms with Crippen molar-refractivity contribution >= 4 is 16.5 Å². The van der Waals surface area contributed by atoms with Crippen molar-refractivity contribution in [3.63, 3.8) is 0 Å². The molecule has 1 N–H and O–H groups in total. The molecular weight excluding hydrogens is 210 g/mol. The highest BCUT2D eigenvalue weighted by atomic mass is 16.3. The Hall–Kier alpha value is -1.70. The average molecular weight is 229 g/mol. The number of hydrogen-bond acceptors (Lipinski definition) is 2. The van der Waals surface area contributed by atoms with Gasteiger partial charge in [0.25, 0.3) is 0 Å². The molecule has 0 radical (unpaired) electrons. The smallest absolute Gasteiger partial charge is 0.116 e. The standard InChI is InChI=1S/C15H19NO/c1-10(2)13-9-12(17)8-11-6-5-7-14(15(11)13)16(3)4/h5-10,17H,1-4H3. The van der Waals surface area contributed by atoms with E-state index in [2.05, 4.69) is 24.8 Å². The molecule has 90 valence electrons. The van der Waals surface area contributed by atoms with Gasteiger partial charge in [-0.3, -0.25) is 0 Å². The number of aromatic hydroxyl groups is 1. The molecular formula is C15H19NO. The zero-order valence-electron chi connectivity index (χ0n) is 10.9. The summed E-state index contributed by atoms with van der Waals surface area (Å²) in [6.07, 6.45) is 0. The van der Waals surface area contributed by atoms with Crippen LogP contribution in [0.3, 0.4) is 0 Å². The molecule has 2 aromatic carbocycles. The van der Waals surface area contributed by atoms with Gasteiger partial charge >= 0.3 is 0 Å². The number of nitrogens with zero attached hydrogens (tertiary/aromatic N) is 1. The monoisotopic (exact) mass is 229 g/mol. The third-order valence-electron chi connectivity index (χ3n) is 3.07. The van der Waals surface area contributed by atoms with Crippen LogP contribution in [0.15, 0.2) is 30.3 Å². The molecule has 0 spiro atoms. The van der Waals surface area contributed by atoms with Gasteiger partial charge in [0.05, 0.1) is 0 Å². The predicted molar refractivity (Wildman–Crippen MR) is 74.0 cm³/mol. The number of hydrogen-bond donors (Lipinski definition) is 1. The molecule has 2 heteroatoms. The molecule has 0 unspecified atom stereocenters. The topological polar surface area (TPSA) is 23.5 Å². The largest absolute Gasteiger partial charge is 0.508 e. The maximum absolute atomic E-state index is 9.78. The quantitative estimate of drug-likeness (QED) is 0.848. The Bertz CT molecular complexity index is 544. The molecule has 2 aromatic rings. The molecule has 0 aliphatic rings. The lowest BCUT2D eigenvalue weighted by Crippen LogP contribution is -2.09. The molecule has 0 saturated carbocycles. The Morgan fingerprint density at radius 3 is 2.41 bits per heavy atom. The normalized spacial score (nSPS) is 11.1. The van der Waals surface area contributed by atoms with Gasteiger partial charge < -0.3 is 10.0 Å². The van der Waals surface area contributed by atoms with Crippen LogP contribution in [0.5, 0.6) is 5.75 Å². The lowest BCUT2D eigenvalue weighted by Gasteiger charge is -2.19. The first-order valence-electron chi connectivity index (χ1n) is 5.93. The predicted octanol–water partition coefficient (Wildman–Crippen LogP) is 3.73. The van der Waals surface area contributed by atoms with Gasteiger partial charge in [0.15, 0.2) is 0 Å². The minimum atomic E-state index is 0.345. The van der Waals surface area contributed by atoms with Gasteiger partial charge in [-0.1, -0.05) is 26.0 Å². The van der Waals surface area contributed by atoms with E-state index in [4.69, 9.17) is 0 Å². The van der Waals surface area contributed by atoms with Gasteiger partial charge in [-0.05, 0) is 35.1 Å². The Labute approximate surface area is 102 Å². The summed E-state index contributed by atoms with van der Waals surface area (Å²) in [5.74, 6) is 0.739. The number of rotatable bonds is 2. The van der Waals surface area contributed by atoms with Gasteiger partial charge in [0.2, 0.25) is 0 Å². The third kappa shape index (κ3) is 2.07. The second kappa shape index (κ2) is 4.28. The van der Waals surface area contributed by atoms with Gasteiger partial charge in [-0.25, -0.2) is 0 Å². The molecule has 2 nitrogen and oxygen atoms in total. The third-order valence-corrected chi connectivity index (χ3v) is 3.07. The Balaban J connectivity index is 2.86. The highest BCUT2D eigenvalue weighted by Gasteiger charge is 2.12. The number of phenols is 1. The summed E-state index contributed by atoms with van der Waals surface area (Å²) >= 11 is 0. The zero-order chi connectivity index (χ0) is 12.6. The first-order chi connectivity index (χ1) is 8.00. The minimum Gasteiger partial charge on any atom is -0.508 e. The first kappa shape index (κ1) is 11.8. The summed E-state index contributed by atoms with van der Waals surface area (Å²) in [6.45, 7) is 4.31. The number of phenolic OH excluding ortho intramolecular Hbond substituents is 1. The Morgan fingerprint density at radius 2 is 1.82 bits per heavy atom. The summed E-state index contributed by atoms with van der Waals surface area (Å²) in [7, 11) is 4.09. The molecule has 0 atom stereocenters. The fourth-order valence-electron chi connectivity index (χ4n) is 2.25. The molecule has 0 saturated heterocycles. The van der Waals surface area contributed by atoms with Crippen molar-refractivity contribution in [2.45, 2.75) is 19.8 Å². The molecule has 2 rings (SSSR count). The van der Waals surface area contributed by atoms with E-state index < -0.39 is 0 Å². The van der Waals surface area contributed by atoms with E-state index in [1.54, 1.807) is 0 Å². The molecule has 0 heterocycles. The zero-order valence-corrected chi connectivity index (χ0v) is 10.9. The van der Waals surface area contributed by atoms with Crippen LogP contribution < -0.4 is 4.90 Å². The van der Waals surface area contributed by atoms with Crippen molar-refractivity contribution in [2.75, 3.05) is 19.0 Å². The lowest BCUT2D eigenvalue weighted by atomic mass is 9.94. The van der Waals surface area contributed by atoms with E-state index in [-0.39, 0.29) is 0 Å². The fraction of sp³-hybridized carbons (Fsp3) is 0.333. The minimum absolute atomic E-state index is 0.345. The van der Waals surface area contributed by atoms with Gasteiger partial charge in [0, 0.05) is 25.2 Å². The van der Waals surface area contributed by atoms with E-state index >= 15 is 0 Å². The van der Waals surface area contributed by atoms with Crippen LogP contribution in [0.1, 0.15) is 25.3 Å². The van der Waals surface area contributed by atoms with E-state index in [9.17, 15) is 5.11 Å². The highest BCUT2D eigenvalue weighted by molar-refractivity contribution is 5.98. The second-order valence-corrected chi connectivity index (χ2v) is 4.96.